The molecule has 1 atom stereocenters. The fourth-order valence-electron chi connectivity index (χ4n) is 2.90. The summed E-state index contributed by atoms with van der Waals surface area (Å²) in [5.74, 6) is -0.728. The summed E-state index contributed by atoms with van der Waals surface area (Å²) < 4.78 is 10.3. The molecule has 3 rings (SSSR count). The maximum absolute atomic E-state index is 12.6. The fourth-order valence-corrected chi connectivity index (χ4v) is 2.90. The molecule has 1 heterocycles. The zero-order valence-corrected chi connectivity index (χ0v) is 15.0. The summed E-state index contributed by atoms with van der Waals surface area (Å²) in [6.45, 7) is 0. The number of carboxylic acids is 1. The normalized spacial score (nSPS) is 11.8. The first-order valence-electron chi connectivity index (χ1n) is 8.33. The van der Waals surface area contributed by atoms with Crippen LogP contribution in [0.1, 0.15) is 15.9 Å². The minimum atomic E-state index is -1.11. The molecular formula is C20H20N2O5. The number of ether oxygens (including phenoxy) is 2. The van der Waals surface area contributed by atoms with Gasteiger partial charge in [-0.05, 0) is 23.8 Å². The highest BCUT2D eigenvalue weighted by atomic mass is 16.5. The van der Waals surface area contributed by atoms with Crippen molar-refractivity contribution in [1.29, 1.82) is 0 Å². The Bertz CT molecular complexity index is 957. The smallest absolute Gasteiger partial charge is 0.326 e. The van der Waals surface area contributed by atoms with E-state index in [4.69, 9.17) is 9.47 Å². The van der Waals surface area contributed by atoms with Gasteiger partial charge in [0.1, 0.15) is 17.5 Å². The molecule has 0 aliphatic heterocycles. The third-order valence-corrected chi connectivity index (χ3v) is 4.32. The highest BCUT2D eigenvalue weighted by molar-refractivity contribution is 5.97. The van der Waals surface area contributed by atoms with E-state index in [1.807, 2.05) is 24.3 Å². The number of methoxy groups -OCH3 is 2. The van der Waals surface area contributed by atoms with Gasteiger partial charge >= 0.3 is 5.97 Å². The molecule has 3 aromatic rings. The number of rotatable bonds is 7. The van der Waals surface area contributed by atoms with E-state index in [2.05, 4.69) is 10.3 Å². The molecule has 0 fully saturated rings. The van der Waals surface area contributed by atoms with Crippen molar-refractivity contribution in [2.24, 2.45) is 0 Å². The number of nitrogens with one attached hydrogen (secondary N) is 2. The number of aliphatic carboxylic acids is 1. The van der Waals surface area contributed by atoms with Crippen molar-refractivity contribution in [2.45, 2.75) is 12.5 Å². The molecule has 2 aromatic carbocycles. The zero-order chi connectivity index (χ0) is 19.4. The van der Waals surface area contributed by atoms with Gasteiger partial charge in [0, 0.05) is 35.2 Å². The molecule has 1 aromatic heterocycles. The molecule has 7 nitrogen and oxygen atoms in total. The monoisotopic (exact) mass is 368 g/mol. The lowest BCUT2D eigenvalue weighted by molar-refractivity contribution is -0.139. The van der Waals surface area contributed by atoms with Gasteiger partial charge in [-0.3, -0.25) is 4.79 Å². The Kier molecular flexibility index (Phi) is 5.30. The van der Waals surface area contributed by atoms with Gasteiger partial charge in [-0.25, -0.2) is 4.79 Å². The summed E-state index contributed by atoms with van der Waals surface area (Å²) in [4.78, 5) is 27.4. The van der Waals surface area contributed by atoms with Crippen LogP contribution in [0.25, 0.3) is 10.9 Å². The maximum atomic E-state index is 12.6. The second kappa shape index (κ2) is 7.82. The van der Waals surface area contributed by atoms with Crippen LogP contribution in [0.2, 0.25) is 0 Å². The van der Waals surface area contributed by atoms with Crippen LogP contribution < -0.4 is 14.8 Å². The van der Waals surface area contributed by atoms with E-state index in [1.54, 1.807) is 12.3 Å². The molecule has 27 heavy (non-hydrogen) atoms. The second-order valence-electron chi connectivity index (χ2n) is 6.03. The van der Waals surface area contributed by atoms with Crippen LogP contribution in [0, 0.1) is 0 Å². The van der Waals surface area contributed by atoms with Gasteiger partial charge in [0.2, 0.25) is 0 Å². The zero-order valence-electron chi connectivity index (χ0n) is 15.0. The molecule has 7 heteroatoms. The molecule has 0 aliphatic rings. The van der Waals surface area contributed by atoms with E-state index in [0.717, 1.165) is 16.5 Å². The number of fused-ring (bicyclic) bond motifs is 1. The number of hydrogen-bond donors (Lipinski definition) is 3. The number of carbonyl (C=O) groups is 2. The van der Waals surface area contributed by atoms with Crippen molar-refractivity contribution in [3.8, 4) is 11.5 Å². The van der Waals surface area contributed by atoms with Crippen molar-refractivity contribution >= 4 is 22.8 Å². The topological polar surface area (TPSA) is 101 Å². The van der Waals surface area contributed by atoms with Gasteiger partial charge in [-0.15, -0.1) is 0 Å². The standard InChI is InChI=1S/C20H20N2O5/c1-26-14-7-12(8-15(10-14)27-2)19(23)22-18(20(24)25)9-13-11-21-17-6-4-3-5-16(13)17/h3-8,10-11,18,21H,9H2,1-2H3,(H,22,23)(H,24,25). The number of aromatic amines is 1. The quantitative estimate of drug-likeness (QED) is 0.595. The van der Waals surface area contributed by atoms with Crippen LogP contribution in [0.4, 0.5) is 0 Å². The number of para-hydroxylation sites is 1. The molecule has 3 N–H and O–H groups in total. The first-order chi connectivity index (χ1) is 13.0. The van der Waals surface area contributed by atoms with Crippen molar-refractivity contribution < 1.29 is 24.2 Å². The predicted molar refractivity (Wildman–Crippen MR) is 100 cm³/mol. The first-order valence-corrected chi connectivity index (χ1v) is 8.33. The molecular weight excluding hydrogens is 348 g/mol. The summed E-state index contributed by atoms with van der Waals surface area (Å²) >= 11 is 0. The lowest BCUT2D eigenvalue weighted by atomic mass is 10.0. The van der Waals surface area contributed by atoms with Gasteiger partial charge in [0.15, 0.2) is 0 Å². The van der Waals surface area contributed by atoms with Crippen molar-refractivity contribution in [3.05, 3.63) is 59.8 Å². The van der Waals surface area contributed by atoms with Crippen molar-refractivity contribution in [3.63, 3.8) is 0 Å². The summed E-state index contributed by atoms with van der Waals surface area (Å²) in [5, 5.41) is 13.1. The lowest BCUT2D eigenvalue weighted by Gasteiger charge is -2.15. The number of H-pyrrole nitrogens is 1. The van der Waals surface area contributed by atoms with Crippen LogP contribution >= 0.6 is 0 Å². The van der Waals surface area contributed by atoms with Crippen molar-refractivity contribution in [1.82, 2.24) is 10.3 Å². The molecule has 0 saturated carbocycles. The van der Waals surface area contributed by atoms with Gasteiger partial charge in [0.05, 0.1) is 14.2 Å². The Morgan fingerprint density at radius 3 is 2.41 bits per heavy atom. The molecule has 140 valence electrons. The van der Waals surface area contributed by atoms with Crippen LogP contribution in [0.3, 0.4) is 0 Å². The fraction of sp³-hybridized carbons (Fsp3) is 0.200. The highest BCUT2D eigenvalue weighted by Gasteiger charge is 2.23. The first kappa shape index (κ1) is 18.3. The van der Waals surface area contributed by atoms with E-state index in [0.29, 0.717) is 11.5 Å². The number of hydrogen-bond acceptors (Lipinski definition) is 4. The van der Waals surface area contributed by atoms with Gasteiger partial charge in [-0.1, -0.05) is 18.2 Å². The van der Waals surface area contributed by atoms with Gasteiger partial charge < -0.3 is 24.9 Å². The van der Waals surface area contributed by atoms with Gasteiger partial charge in [0.25, 0.3) is 5.91 Å². The van der Waals surface area contributed by atoms with E-state index in [9.17, 15) is 14.7 Å². The summed E-state index contributed by atoms with van der Waals surface area (Å²) in [6, 6.07) is 11.2. The SMILES string of the molecule is COc1cc(OC)cc(C(=O)NC(Cc2c[nH]c3ccccc23)C(=O)O)c1. The number of aromatic nitrogens is 1. The summed E-state index contributed by atoms with van der Waals surface area (Å²) in [7, 11) is 2.96. The largest absolute Gasteiger partial charge is 0.497 e. The van der Waals surface area contributed by atoms with E-state index in [1.165, 1.54) is 26.4 Å². The van der Waals surface area contributed by atoms with E-state index < -0.39 is 17.9 Å². The van der Waals surface area contributed by atoms with Crippen molar-refractivity contribution in [2.75, 3.05) is 14.2 Å². The lowest BCUT2D eigenvalue weighted by Crippen LogP contribution is -2.42. The van der Waals surface area contributed by atoms with E-state index >= 15 is 0 Å². The average molecular weight is 368 g/mol. The average Bonchev–Trinajstić information content (AvgIpc) is 3.09. The van der Waals surface area contributed by atoms with Crippen LogP contribution in [-0.2, 0) is 11.2 Å². The Hall–Kier alpha value is -3.48. The minimum absolute atomic E-state index is 0.159. The minimum Gasteiger partial charge on any atom is -0.497 e. The van der Waals surface area contributed by atoms with Crippen LogP contribution in [0.15, 0.2) is 48.7 Å². The highest BCUT2D eigenvalue weighted by Crippen LogP contribution is 2.23. The number of amides is 1. The van der Waals surface area contributed by atoms with Gasteiger partial charge in [-0.2, -0.15) is 0 Å². The molecule has 0 spiro atoms. The Labute approximate surface area is 155 Å². The Balaban J connectivity index is 1.82. The Morgan fingerprint density at radius 2 is 1.78 bits per heavy atom. The molecule has 0 aliphatic carbocycles. The Morgan fingerprint density at radius 1 is 1.11 bits per heavy atom. The third kappa shape index (κ3) is 4.03. The second-order valence-corrected chi connectivity index (χ2v) is 6.03. The summed E-state index contributed by atoms with van der Waals surface area (Å²) in [5.41, 5.74) is 2.00. The molecule has 0 saturated heterocycles. The van der Waals surface area contributed by atoms with E-state index in [-0.39, 0.29) is 12.0 Å². The molecule has 0 bridgehead atoms. The molecule has 1 amide bonds. The third-order valence-electron chi connectivity index (χ3n) is 4.32. The molecule has 0 radical (unpaired) electrons. The van der Waals surface area contributed by atoms with Crippen LogP contribution in [0.5, 0.6) is 11.5 Å². The predicted octanol–water partition coefficient (Wildman–Crippen LogP) is 2.61. The number of carboxylic acid groups (broad SMARTS) is 1. The summed E-state index contributed by atoms with van der Waals surface area (Å²) in [6.07, 6.45) is 1.92. The molecule has 1 unspecified atom stereocenters. The number of benzene rings is 2. The maximum Gasteiger partial charge on any atom is 0.326 e. The van der Waals surface area contributed by atoms with Crippen LogP contribution in [-0.4, -0.2) is 42.2 Å². The number of carbonyl (C=O) groups excluding carboxylic acids is 1.